The monoisotopic (exact) mass is 127 g/mol. The highest BCUT2D eigenvalue weighted by molar-refractivity contribution is 5.07. The lowest BCUT2D eigenvalue weighted by Crippen LogP contribution is -2.34. The van der Waals surface area contributed by atoms with E-state index in [1.165, 1.54) is 0 Å². The summed E-state index contributed by atoms with van der Waals surface area (Å²) >= 11 is 0. The van der Waals surface area contributed by atoms with E-state index in [0.717, 1.165) is 18.6 Å². The van der Waals surface area contributed by atoms with Crippen molar-refractivity contribution in [1.29, 1.82) is 0 Å². The maximum absolute atomic E-state index is 5.84. The molecule has 0 amide bonds. The van der Waals surface area contributed by atoms with Crippen molar-refractivity contribution in [2.45, 2.75) is 32.2 Å². The predicted molar refractivity (Wildman–Crippen MR) is 36.7 cm³/mol. The highest BCUT2D eigenvalue weighted by Gasteiger charge is 2.23. The van der Waals surface area contributed by atoms with Crippen molar-refractivity contribution in [3.05, 3.63) is 12.0 Å². The first-order chi connectivity index (χ1) is 4.14. The Bertz CT molecular complexity index is 138. The number of ether oxygens (including phenoxy) is 1. The molecular weight excluding hydrogens is 114 g/mol. The van der Waals surface area contributed by atoms with Gasteiger partial charge >= 0.3 is 0 Å². The lowest BCUT2D eigenvalue weighted by atomic mass is 9.96. The highest BCUT2D eigenvalue weighted by Crippen LogP contribution is 2.25. The van der Waals surface area contributed by atoms with Crippen LogP contribution < -0.4 is 5.73 Å². The van der Waals surface area contributed by atoms with Gasteiger partial charge in [-0.1, -0.05) is 6.92 Å². The molecule has 2 nitrogen and oxygen atoms in total. The SMILES string of the molecule is CCC(C)(N)CC1=CO1. The van der Waals surface area contributed by atoms with Crippen LogP contribution in [0, 0.1) is 0 Å². The molecule has 52 valence electrons. The molecule has 0 aromatic heterocycles. The van der Waals surface area contributed by atoms with E-state index in [2.05, 4.69) is 6.92 Å². The Kier molecular flexibility index (Phi) is 1.49. The number of rotatable bonds is 3. The standard InChI is InChI=1S/C7H13NO/c1-3-7(2,8)4-6-5-9-6/h5H,3-4,8H2,1-2H3. The van der Waals surface area contributed by atoms with Gasteiger partial charge in [0, 0.05) is 12.0 Å². The maximum atomic E-state index is 5.84. The molecule has 0 bridgehead atoms. The van der Waals surface area contributed by atoms with Gasteiger partial charge in [-0.3, -0.25) is 0 Å². The molecule has 0 aromatic rings. The lowest BCUT2D eigenvalue weighted by Gasteiger charge is -2.19. The third-order valence-electron chi connectivity index (χ3n) is 1.67. The lowest BCUT2D eigenvalue weighted by molar-refractivity contribution is 0.391. The molecule has 1 unspecified atom stereocenters. The minimum absolute atomic E-state index is 0.0671. The zero-order valence-electron chi connectivity index (χ0n) is 5.98. The van der Waals surface area contributed by atoms with Gasteiger partial charge in [-0.2, -0.15) is 0 Å². The smallest absolute Gasteiger partial charge is 0.140 e. The molecule has 0 saturated carbocycles. The molecule has 1 aliphatic rings. The second-order valence-electron chi connectivity index (χ2n) is 2.89. The first kappa shape index (κ1) is 6.62. The van der Waals surface area contributed by atoms with Crippen molar-refractivity contribution in [2.75, 3.05) is 0 Å². The van der Waals surface area contributed by atoms with Gasteiger partial charge in [0.1, 0.15) is 12.0 Å². The van der Waals surface area contributed by atoms with Crippen LogP contribution in [0.2, 0.25) is 0 Å². The molecule has 0 aromatic carbocycles. The Morgan fingerprint density at radius 2 is 2.33 bits per heavy atom. The average Bonchev–Trinajstić information content (AvgIpc) is 2.50. The normalized spacial score (nSPS) is 21.9. The van der Waals surface area contributed by atoms with Crippen LogP contribution in [-0.2, 0) is 4.74 Å². The van der Waals surface area contributed by atoms with Gasteiger partial charge < -0.3 is 10.5 Å². The van der Waals surface area contributed by atoms with E-state index in [4.69, 9.17) is 10.5 Å². The van der Waals surface area contributed by atoms with Gasteiger partial charge in [0.15, 0.2) is 0 Å². The summed E-state index contributed by atoms with van der Waals surface area (Å²) in [5, 5.41) is 0. The summed E-state index contributed by atoms with van der Waals surface area (Å²) in [5.74, 6) is 1.04. The molecule has 1 aliphatic heterocycles. The topological polar surface area (TPSA) is 38.5 Å². The molecule has 2 N–H and O–H groups in total. The van der Waals surface area contributed by atoms with Gasteiger partial charge in [0.2, 0.25) is 0 Å². The van der Waals surface area contributed by atoms with Crippen LogP contribution in [0.3, 0.4) is 0 Å². The summed E-state index contributed by atoms with van der Waals surface area (Å²) in [7, 11) is 0. The Morgan fingerprint density at radius 1 is 1.78 bits per heavy atom. The van der Waals surface area contributed by atoms with Crippen LogP contribution in [0.1, 0.15) is 26.7 Å². The fourth-order valence-electron chi connectivity index (χ4n) is 0.648. The molecule has 0 saturated heterocycles. The van der Waals surface area contributed by atoms with Gasteiger partial charge in [0.25, 0.3) is 0 Å². The molecule has 0 aliphatic carbocycles. The van der Waals surface area contributed by atoms with Crippen molar-refractivity contribution >= 4 is 0 Å². The first-order valence-corrected chi connectivity index (χ1v) is 3.28. The second kappa shape index (κ2) is 2.03. The summed E-state index contributed by atoms with van der Waals surface area (Å²) in [5.41, 5.74) is 5.77. The van der Waals surface area contributed by atoms with E-state index in [1.807, 2.05) is 6.92 Å². The van der Waals surface area contributed by atoms with Crippen LogP contribution in [-0.4, -0.2) is 5.54 Å². The first-order valence-electron chi connectivity index (χ1n) is 3.28. The summed E-state index contributed by atoms with van der Waals surface area (Å²) in [6, 6.07) is 0. The van der Waals surface area contributed by atoms with Crippen molar-refractivity contribution in [3.8, 4) is 0 Å². The third kappa shape index (κ3) is 2.06. The van der Waals surface area contributed by atoms with E-state index >= 15 is 0 Å². The maximum Gasteiger partial charge on any atom is 0.140 e. The number of nitrogens with two attached hydrogens (primary N) is 1. The molecule has 1 atom stereocenters. The Balaban J connectivity index is 2.30. The summed E-state index contributed by atoms with van der Waals surface area (Å²) in [6.45, 7) is 4.12. The van der Waals surface area contributed by atoms with Gasteiger partial charge in [0.05, 0.1) is 0 Å². The zero-order valence-corrected chi connectivity index (χ0v) is 5.98. The van der Waals surface area contributed by atoms with E-state index in [0.29, 0.717) is 0 Å². The van der Waals surface area contributed by atoms with Crippen molar-refractivity contribution in [2.24, 2.45) is 5.73 Å². The van der Waals surface area contributed by atoms with Gasteiger partial charge in [-0.15, -0.1) is 0 Å². The summed E-state index contributed by atoms with van der Waals surface area (Å²) < 4.78 is 4.86. The minimum Gasteiger partial charge on any atom is -0.463 e. The van der Waals surface area contributed by atoms with E-state index in [1.54, 1.807) is 6.26 Å². The minimum atomic E-state index is -0.0671. The molecule has 0 radical (unpaired) electrons. The Morgan fingerprint density at radius 3 is 2.67 bits per heavy atom. The second-order valence-corrected chi connectivity index (χ2v) is 2.89. The quantitative estimate of drug-likeness (QED) is 0.622. The van der Waals surface area contributed by atoms with E-state index in [9.17, 15) is 0 Å². The molecule has 1 rings (SSSR count). The Labute approximate surface area is 55.7 Å². The van der Waals surface area contributed by atoms with Gasteiger partial charge in [-0.05, 0) is 13.3 Å². The number of hydrogen-bond donors (Lipinski definition) is 1. The molecule has 0 fully saturated rings. The molecule has 0 spiro atoms. The van der Waals surface area contributed by atoms with E-state index in [-0.39, 0.29) is 5.54 Å². The number of hydrogen-bond acceptors (Lipinski definition) is 2. The van der Waals surface area contributed by atoms with E-state index < -0.39 is 0 Å². The average molecular weight is 127 g/mol. The van der Waals surface area contributed by atoms with Crippen molar-refractivity contribution in [3.63, 3.8) is 0 Å². The molecule has 9 heavy (non-hydrogen) atoms. The molecular formula is C7H13NO. The van der Waals surface area contributed by atoms with Crippen molar-refractivity contribution < 1.29 is 4.74 Å². The fraction of sp³-hybridized carbons (Fsp3) is 0.714. The highest BCUT2D eigenvalue weighted by atomic mass is 16.5. The Hall–Kier alpha value is -0.500. The molecule has 1 heterocycles. The van der Waals surface area contributed by atoms with Crippen LogP contribution in [0.5, 0.6) is 0 Å². The van der Waals surface area contributed by atoms with Crippen LogP contribution in [0.4, 0.5) is 0 Å². The van der Waals surface area contributed by atoms with Crippen LogP contribution >= 0.6 is 0 Å². The summed E-state index contributed by atoms with van der Waals surface area (Å²) in [4.78, 5) is 0. The third-order valence-corrected chi connectivity index (χ3v) is 1.67. The van der Waals surface area contributed by atoms with Gasteiger partial charge in [-0.25, -0.2) is 0 Å². The van der Waals surface area contributed by atoms with Crippen LogP contribution in [0.15, 0.2) is 12.0 Å². The fourth-order valence-corrected chi connectivity index (χ4v) is 0.648. The van der Waals surface area contributed by atoms with Crippen LogP contribution in [0.25, 0.3) is 0 Å². The molecule has 2 heteroatoms. The van der Waals surface area contributed by atoms with Crippen molar-refractivity contribution in [1.82, 2.24) is 0 Å². The largest absolute Gasteiger partial charge is 0.463 e. The summed E-state index contributed by atoms with van der Waals surface area (Å²) in [6.07, 6.45) is 3.62. The zero-order chi connectivity index (χ0) is 6.91. The predicted octanol–water partition coefficient (Wildman–Crippen LogP) is 1.38.